The van der Waals surface area contributed by atoms with Crippen molar-refractivity contribution in [3.05, 3.63) is 40.3 Å². The van der Waals surface area contributed by atoms with Crippen molar-refractivity contribution in [3.8, 4) is 6.07 Å². The molecule has 0 bridgehead atoms. The van der Waals surface area contributed by atoms with Crippen LogP contribution in [0.5, 0.6) is 0 Å². The van der Waals surface area contributed by atoms with Gasteiger partial charge in [0.2, 0.25) is 5.91 Å². The molecule has 2 rings (SSSR count). The number of carbonyl (C=O) groups is 2. The summed E-state index contributed by atoms with van der Waals surface area (Å²) < 4.78 is 5.06. The Morgan fingerprint density at radius 1 is 1.39 bits per heavy atom. The second-order valence-electron chi connectivity index (χ2n) is 5.90. The Labute approximate surface area is 172 Å². The van der Waals surface area contributed by atoms with Crippen molar-refractivity contribution in [1.82, 2.24) is 4.90 Å². The number of anilines is 2. The Bertz CT molecular complexity index is 905. The second kappa shape index (κ2) is 10.1. The lowest BCUT2D eigenvalue weighted by Gasteiger charge is -2.17. The van der Waals surface area contributed by atoms with Crippen LogP contribution in [0.2, 0.25) is 0 Å². The molecule has 1 aromatic heterocycles. The van der Waals surface area contributed by atoms with Crippen molar-refractivity contribution in [2.24, 2.45) is 0 Å². The Morgan fingerprint density at radius 2 is 2.11 bits per heavy atom. The summed E-state index contributed by atoms with van der Waals surface area (Å²) in [5.74, 6) is -0.703. The van der Waals surface area contributed by atoms with Gasteiger partial charge in [0.15, 0.2) is 0 Å². The second-order valence-corrected chi connectivity index (χ2v) is 7.80. The van der Waals surface area contributed by atoms with Crippen molar-refractivity contribution in [2.45, 2.75) is 18.4 Å². The first-order valence-electron chi connectivity index (χ1n) is 8.51. The summed E-state index contributed by atoms with van der Waals surface area (Å²) in [6.45, 7) is 2.25. The fourth-order valence-corrected chi connectivity index (χ4v) is 4.10. The number of ether oxygens (including phenoxy) is 1. The maximum Gasteiger partial charge on any atom is 0.348 e. The van der Waals surface area contributed by atoms with Crippen molar-refractivity contribution >= 4 is 45.7 Å². The maximum atomic E-state index is 12.4. The number of benzene rings is 1. The first-order chi connectivity index (χ1) is 13.4. The first kappa shape index (κ1) is 21.8. The third-order valence-corrected chi connectivity index (χ3v) is 5.67. The van der Waals surface area contributed by atoms with Crippen LogP contribution in [0.3, 0.4) is 0 Å². The molecule has 0 radical (unpaired) electrons. The molecule has 1 heterocycles. The Kier molecular flexibility index (Phi) is 7.87. The van der Waals surface area contributed by atoms with Gasteiger partial charge in [-0.1, -0.05) is 12.1 Å². The van der Waals surface area contributed by atoms with Gasteiger partial charge >= 0.3 is 5.97 Å². The van der Waals surface area contributed by atoms with E-state index < -0.39 is 5.97 Å². The molecule has 0 saturated heterocycles. The molecule has 0 aliphatic rings. The number of hydrogen-bond acceptors (Lipinski definition) is 8. The van der Waals surface area contributed by atoms with E-state index in [0.717, 1.165) is 21.9 Å². The van der Waals surface area contributed by atoms with Crippen LogP contribution < -0.4 is 11.1 Å². The number of nitrogens with one attached hydrogen (secondary N) is 1. The summed E-state index contributed by atoms with van der Waals surface area (Å²) in [6.07, 6.45) is 1.94. The molecular formula is C19H22N4O3S2. The van der Waals surface area contributed by atoms with Gasteiger partial charge in [-0.15, -0.1) is 23.1 Å². The van der Waals surface area contributed by atoms with Crippen LogP contribution in [0, 0.1) is 11.3 Å². The molecule has 0 saturated carbocycles. The molecule has 148 valence electrons. The van der Waals surface area contributed by atoms with E-state index in [-0.39, 0.29) is 36.2 Å². The number of nitriles is 1. The number of thioether (sulfide) groups is 1. The number of nitrogen functional groups attached to an aromatic ring is 1. The number of likely N-dealkylation sites (N-methyl/N-ethyl adjacent to an activating group) is 1. The average Bonchev–Trinajstić information content (AvgIpc) is 2.97. The van der Waals surface area contributed by atoms with E-state index in [4.69, 9.17) is 10.5 Å². The lowest BCUT2D eigenvalue weighted by Crippen LogP contribution is -2.30. The van der Waals surface area contributed by atoms with E-state index in [1.807, 2.05) is 36.6 Å². The van der Waals surface area contributed by atoms with Gasteiger partial charge in [-0.2, -0.15) is 5.26 Å². The first-order valence-corrected chi connectivity index (χ1v) is 10.5. The van der Waals surface area contributed by atoms with Gasteiger partial charge in [0, 0.05) is 17.0 Å². The summed E-state index contributed by atoms with van der Waals surface area (Å²) in [4.78, 5) is 27.6. The SMILES string of the molecule is CCOC(=O)c1sc(N)c(C#N)c1CN(C)CC(=O)Nc1ccccc1SC. The third-order valence-electron chi connectivity index (χ3n) is 3.83. The van der Waals surface area contributed by atoms with Gasteiger partial charge in [0.1, 0.15) is 15.9 Å². The average molecular weight is 419 g/mol. The highest BCUT2D eigenvalue weighted by Gasteiger charge is 2.24. The van der Waals surface area contributed by atoms with E-state index in [2.05, 4.69) is 5.32 Å². The van der Waals surface area contributed by atoms with Gasteiger partial charge in [0.25, 0.3) is 0 Å². The summed E-state index contributed by atoms with van der Waals surface area (Å²) in [6, 6.07) is 9.59. The molecule has 9 heteroatoms. The van der Waals surface area contributed by atoms with Gasteiger partial charge in [-0.25, -0.2) is 4.79 Å². The lowest BCUT2D eigenvalue weighted by molar-refractivity contribution is -0.117. The van der Waals surface area contributed by atoms with Crippen molar-refractivity contribution < 1.29 is 14.3 Å². The quantitative estimate of drug-likeness (QED) is 0.501. The molecule has 0 spiro atoms. The number of para-hydroxylation sites is 1. The molecule has 0 aliphatic heterocycles. The van der Waals surface area contributed by atoms with E-state index in [9.17, 15) is 14.9 Å². The molecule has 0 aliphatic carbocycles. The highest BCUT2D eigenvalue weighted by atomic mass is 32.2. The van der Waals surface area contributed by atoms with E-state index in [0.29, 0.717) is 10.4 Å². The summed E-state index contributed by atoms with van der Waals surface area (Å²) in [5, 5.41) is 12.6. The van der Waals surface area contributed by atoms with E-state index in [1.165, 1.54) is 0 Å². The molecule has 0 unspecified atom stereocenters. The van der Waals surface area contributed by atoms with Crippen molar-refractivity contribution in [1.29, 1.82) is 5.26 Å². The molecular weight excluding hydrogens is 396 g/mol. The summed E-state index contributed by atoms with van der Waals surface area (Å²) >= 11 is 2.58. The lowest BCUT2D eigenvalue weighted by atomic mass is 10.1. The van der Waals surface area contributed by atoms with Crippen LogP contribution in [0.4, 0.5) is 10.7 Å². The van der Waals surface area contributed by atoms with Crippen LogP contribution in [0.1, 0.15) is 27.7 Å². The fraction of sp³-hybridized carbons (Fsp3) is 0.316. The number of thiophene rings is 1. The number of amides is 1. The molecule has 0 atom stereocenters. The van der Waals surface area contributed by atoms with Gasteiger partial charge in [0.05, 0.1) is 24.4 Å². The summed E-state index contributed by atoms with van der Waals surface area (Å²) in [5.41, 5.74) is 7.38. The summed E-state index contributed by atoms with van der Waals surface area (Å²) in [7, 11) is 1.74. The van der Waals surface area contributed by atoms with Crippen LogP contribution >= 0.6 is 23.1 Å². The Morgan fingerprint density at radius 3 is 2.75 bits per heavy atom. The van der Waals surface area contributed by atoms with E-state index in [1.54, 1.807) is 30.6 Å². The zero-order valence-electron chi connectivity index (χ0n) is 15.9. The Balaban J connectivity index is 2.12. The molecule has 1 amide bonds. The number of hydrogen-bond donors (Lipinski definition) is 2. The van der Waals surface area contributed by atoms with Gasteiger partial charge in [-0.3, -0.25) is 9.69 Å². The van der Waals surface area contributed by atoms with Crippen molar-refractivity contribution in [2.75, 3.05) is 37.5 Å². The minimum Gasteiger partial charge on any atom is -0.462 e. The Hall–Kier alpha value is -2.54. The normalized spacial score (nSPS) is 10.5. The number of nitrogens with zero attached hydrogens (tertiary/aromatic N) is 2. The van der Waals surface area contributed by atoms with E-state index >= 15 is 0 Å². The van der Waals surface area contributed by atoms with Gasteiger partial charge < -0.3 is 15.8 Å². The largest absolute Gasteiger partial charge is 0.462 e. The standard InChI is InChI=1S/C19H22N4O3S2/c1-4-26-19(25)17-13(12(9-20)18(21)28-17)10-23(2)11-16(24)22-14-7-5-6-8-15(14)27-3/h5-8H,4,10-11,21H2,1-3H3,(H,22,24). The highest BCUT2D eigenvalue weighted by Crippen LogP contribution is 2.32. The third kappa shape index (κ3) is 5.25. The molecule has 0 fully saturated rings. The maximum absolute atomic E-state index is 12.4. The fourth-order valence-electron chi connectivity index (χ4n) is 2.63. The predicted octanol–water partition coefficient (Wildman–Crippen LogP) is 3.17. The van der Waals surface area contributed by atoms with Gasteiger partial charge in [-0.05, 0) is 32.4 Å². The topological polar surface area (TPSA) is 108 Å². The zero-order valence-corrected chi connectivity index (χ0v) is 17.6. The monoisotopic (exact) mass is 418 g/mol. The number of carbonyl (C=O) groups excluding carboxylic acids is 2. The molecule has 1 aromatic carbocycles. The zero-order chi connectivity index (χ0) is 20.7. The molecule has 3 N–H and O–H groups in total. The number of nitrogens with two attached hydrogens (primary N) is 1. The highest BCUT2D eigenvalue weighted by molar-refractivity contribution is 7.98. The van der Waals surface area contributed by atoms with Crippen LogP contribution in [-0.2, 0) is 16.1 Å². The predicted molar refractivity (Wildman–Crippen MR) is 113 cm³/mol. The molecule has 7 nitrogen and oxygen atoms in total. The minimum absolute atomic E-state index is 0.0889. The smallest absolute Gasteiger partial charge is 0.348 e. The van der Waals surface area contributed by atoms with Crippen molar-refractivity contribution in [3.63, 3.8) is 0 Å². The molecule has 2 aromatic rings. The van der Waals surface area contributed by atoms with Crippen LogP contribution in [-0.4, -0.2) is 43.2 Å². The number of esters is 1. The van der Waals surface area contributed by atoms with Crippen LogP contribution in [0.15, 0.2) is 29.2 Å². The van der Waals surface area contributed by atoms with Crippen LogP contribution in [0.25, 0.3) is 0 Å². The minimum atomic E-state index is -0.512. The molecule has 28 heavy (non-hydrogen) atoms. The number of rotatable bonds is 8.